The van der Waals surface area contributed by atoms with E-state index >= 15 is 0 Å². The lowest BCUT2D eigenvalue weighted by molar-refractivity contribution is 0.281. The zero-order valence-corrected chi connectivity index (χ0v) is 10.4. The Labute approximate surface area is 111 Å². The predicted molar refractivity (Wildman–Crippen MR) is 71.0 cm³/mol. The number of aliphatic hydroxyl groups is 1. The van der Waals surface area contributed by atoms with Crippen LogP contribution < -0.4 is 5.32 Å². The van der Waals surface area contributed by atoms with Crippen molar-refractivity contribution < 1.29 is 14.6 Å². The van der Waals surface area contributed by atoms with Gasteiger partial charge in [0.1, 0.15) is 11.6 Å². The van der Waals surface area contributed by atoms with Crippen molar-refractivity contribution in [1.82, 2.24) is 5.32 Å². The van der Waals surface area contributed by atoms with Gasteiger partial charge in [0.15, 0.2) is 0 Å². The van der Waals surface area contributed by atoms with Gasteiger partial charge in [0.25, 0.3) is 0 Å². The summed E-state index contributed by atoms with van der Waals surface area (Å²) in [4.78, 5) is 0. The number of benzene rings is 2. The number of aromatic hydroxyl groups is 1. The fourth-order valence-corrected chi connectivity index (χ4v) is 1.88. The Morgan fingerprint density at radius 2 is 1.79 bits per heavy atom. The van der Waals surface area contributed by atoms with Crippen LogP contribution in [0.15, 0.2) is 42.5 Å². The Kier molecular flexibility index (Phi) is 4.49. The maximum absolute atomic E-state index is 13.0. The van der Waals surface area contributed by atoms with Gasteiger partial charge in [-0.25, -0.2) is 4.39 Å². The van der Waals surface area contributed by atoms with E-state index in [9.17, 15) is 9.50 Å². The molecule has 0 aromatic heterocycles. The third kappa shape index (κ3) is 3.77. The fraction of sp³-hybridized carbons (Fsp3) is 0.200. The smallest absolute Gasteiger partial charge is 0.123 e. The zero-order chi connectivity index (χ0) is 13.7. The molecule has 0 heterocycles. The molecule has 0 atom stereocenters. The first-order valence-electron chi connectivity index (χ1n) is 6.06. The molecule has 4 heteroatoms. The van der Waals surface area contributed by atoms with Crippen molar-refractivity contribution in [3.63, 3.8) is 0 Å². The maximum Gasteiger partial charge on any atom is 0.123 e. The molecule has 2 rings (SSSR count). The first-order valence-corrected chi connectivity index (χ1v) is 6.06. The lowest BCUT2D eigenvalue weighted by Gasteiger charge is -2.08. The summed E-state index contributed by atoms with van der Waals surface area (Å²) in [5.74, 6) is -0.283. The first kappa shape index (κ1) is 13.5. The number of hydrogen-bond donors (Lipinski definition) is 3. The number of aliphatic hydroxyl groups excluding tert-OH is 1. The van der Waals surface area contributed by atoms with Gasteiger partial charge in [-0.1, -0.05) is 24.3 Å². The van der Waals surface area contributed by atoms with Crippen molar-refractivity contribution in [2.75, 3.05) is 0 Å². The van der Waals surface area contributed by atoms with Crippen molar-refractivity contribution in [2.45, 2.75) is 19.7 Å². The average molecular weight is 261 g/mol. The van der Waals surface area contributed by atoms with Crippen molar-refractivity contribution >= 4 is 0 Å². The quantitative estimate of drug-likeness (QED) is 0.774. The van der Waals surface area contributed by atoms with Crippen LogP contribution in [0.2, 0.25) is 0 Å². The van der Waals surface area contributed by atoms with Crippen molar-refractivity contribution in [2.24, 2.45) is 0 Å². The minimum Gasteiger partial charge on any atom is -0.508 e. The zero-order valence-electron chi connectivity index (χ0n) is 10.4. The van der Waals surface area contributed by atoms with Gasteiger partial charge in [-0.15, -0.1) is 0 Å². The van der Waals surface area contributed by atoms with Crippen LogP contribution in [0.5, 0.6) is 5.75 Å². The van der Waals surface area contributed by atoms with Crippen molar-refractivity contribution in [3.8, 4) is 5.75 Å². The molecule has 2 aromatic carbocycles. The molecule has 100 valence electrons. The summed E-state index contributed by atoms with van der Waals surface area (Å²) in [5.41, 5.74) is 2.41. The lowest BCUT2D eigenvalue weighted by Crippen LogP contribution is -2.13. The van der Waals surface area contributed by atoms with Crippen molar-refractivity contribution in [3.05, 3.63) is 65.0 Å². The van der Waals surface area contributed by atoms with E-state index < -0.39 is 0 Å². The molecule has 0 fully saturated rings. The second-order valence-corrected chi connectivity index (χ2v) is 4.35. The van der Waals surface area contributed by atoms with Crippen LogP contribution in [0.1, 0.15) is 16.7 Å². The maximum atomic E-state index is 13.0. The summed E-state index contributed by atoms with van der Waals surface area (Å²) in [6.07, 6.45) is 0. The number of hydrogen-bond acceptors (Lipinski definition) is 3. The van der Waals surface area contributed by atoms with E-state index in [1.54, 1.807) is 0 Å². The number of halogens is 1. The molecule has 0 radical (unpaired) electrons. The molecule has 0 saturated carbocycles. The molecule has 3 nitrogen and oxygen atoms in total. The van der Waals surface area contributed by atoms with Crippen LogP contribution in [-0.4, -0.2) is 10.2 Å². The highest BCUT2D eigenvalue weighted by atomic mass is 19.1. The van der Waals surface area contributed by atoms with E-state index in [0.717, 1.165) is 11.1 Å². The third-order valence-corrected chi connectivity index (χ3v) is 2.86. The summed E-state index contributed by atoms with van der Waals surface area (Å²) in [5, 5.41) is 21.7. The molecule has 0 unspecified atom stereocenters. The molecule has 0 aliphatic heterocycles. The van der Waals surface area contributed by atoms with Crippen LogP contribution in [-0.2, 0) is 19.7 Å². The third-order valence-electron chi connectivity index (χ3n) is 2.86. The molecule has 2 aromatic rings. The molecular formula is C15H16FNO2. The van der Waals surface area contributed by atoms with E-state index in [2.05, 4.69) is 5.32 Å². The van der Waals surface area contributed by atoms with Crippen LogP contribution >= 0.6 is 0 Å². The fourth-order valence-electron chi connectivity index (χ4n) is 1.88. The Morgan fingerprint density at radius 3 is 2.58 bits per heavy atom. The normalized spacial score (nSPS) is 10.6. The van der Waals surface area contributed by atoms with E-state index in [1.807, 2.05) is 24.3 Å². The molecule has 3 N–H and O–H groups in total. The van der Waals surface area contributed by atoms with Gasteiger partial charge in [0, 0.05) is 18.7 Å². The summed E-state index contributed by atoms with van der Waals surface area (Å²) < 4.78 is 13.0. The van der Waals surface area contributed by atoms with E-state index in [0.29, 0.717) is 18.7 Å². The Bertz CT molecular complexity index is 558. The monoisotopic (exact) mass is 261 g/mol. The largest absolute Gasteiger partial charge is 0.508 e. The van der Waals surface area contributed by atoms with E-state index in [1.165, 1.54) is 18.2 Å². The van der Waals surface area contributed by atoms with Crippen LogP contribution in [0.25, 0.3) is 0 Å². The molecule has 0 amide bonds. The minimum absolute atomic E-state index is 0.0124. The number of rotatable bonds is 5. The molecule has 0 bridgehead atoms. The summed E-state index contributed by atoms with van der Waals surface area (Å²) in [6.45, 7) is 0.981. The number of nitrogens with one attached hydrogen (secondary N) is 1. The topological polar surface area (TPSA) is 52.5 Å². The summed E-state index contributed by atoms with van der Waals surface area (Å²) in [7, 11) is 0. The molecule has 19 heavy (non-hydrogen) atoms. The molecule has 0 saturated heterocycles. The van der Waals surface area contributed by atoms with E-state index in [-0.39, 0.29) is 18.2 Å². The molecule has 0 spiro atoms. The predicted octanol–water partition coefficient (Wildman–Crippen LogP) is 2.31. The Morgan fingerprint density at radius 1 is 1.00 bits per heavy atom. The molecule has 0 aliphatic carbocycles. The number of phenolic OH excluding ortho intramolecular Hbond substituents is 1. The van der Waals surface area contributed by atoms with Gasteiger partial charge in [-0.05, 0) is 29.3 Å². The standard InChI is InChI=1S/C15H16FNO2/c16-14-4-5-15(19)13(7-14)9-17-8-11-2-1-3-12(6-11)10-18/h1-7,17-19H,8-10H2. The Hall–Kier alpha value is -1.91. The van der Waals surface area contributed by atoms with Crippen molar-refractivity contribution in [1.29, 1.82) is 0 Å². The van der Waals surface area contributed by atoms with Gasteiger partial charge in [-0.2, -0.15) is 0 Å². The second-order valence-electron chi connectivity index (χ2n) is 4.35. The Balaban J connectivity index is 1.94. The second kappa shape index (κ2) is 6.31. The van der Waals surface area contributed by atoms with Crippen LogP contribution in [0.3, 0.4) is 0 Å². The van der Waals surface area contributed by atoms with Gasteiger partial charge in [-0.3, -0.25) is 0 Å². The first-order chi connectivity index (χ1) is 9.19. The average Bonchev–Trinajstić information content (AvgIpc) is 2.43. The van der Waals surface area contributed by atoms with Crippen LogP contribution in [0, 0.1) is 5.82 Å². The molecule has 0 aliphatic rings. The summed E-state index contributed by atoms with van der Waals surface area (Å²) >= 11 is 0. The summed E-state index contributed by atoms with van der Waals surface area (Å²) in [6, 6.07) is 11.5. The highest BCUT2D eigenvalue weighted by Crippen LogP contribution is 2.17. The van der Waals surface area contributed by atoms with E-state index in [4.69, 9.17) is 5.11 Å². The van der Waals surface area contributed by atoms with Gasteiger partial charge < -0.3 is 15.5 Å². The van der Waals surface area contributed by atoms with Gasteiger partial charge >= 0.3 is 0 Å². The molecular weight excluding hydrogens is 245 g/mol. The van der Waals surface area contributed by atoms with Gasteiger partial charge in [0.05, 0.1) is 6.61 Å². The number of phenols is 1. The minimum atomic E-state index is -0.364. The SMILES string of the molecule is OCc1cccc(CNCc2cc(F)ccc2O)c1. The highest BCUT2D eigenvalue weighted by Gasteiger charge is 2.02. The van der Waals surface area contributed by atoms with Crippen LogP contribution in [0.4, 0.5) is 4.39 Å². The highest BCUT2D eigenvalue weighted by molar-refractivity contribution is 5.32. The lowest BCUT2D eigenvalue weighted by atomic mass is 10.1. The van der Waals surface area contributed by atoms with Gasteiger partial charge in [0.2, 0.25) is 0 Å².